The summed E-state index contributed by atoms with van der Waals surface area (Å²) in [6.45, 7) is 3.44. The van der Waals surface area contributed by atoms with Crippen molar-refractivity contribution in [2.75, 3.05) is 12.8 Å². The van der Waals surface area contributed by atoms with Gasteiger partial charge in [-0.2, -0.15) is 11.8 Å². The zero-order valence-electron chi connectivity index (χ0n) is 11.6. The van der Waals surface area contributed by atoms with Crippen LogP contribution in [0, 0.1) is 0 Å². The first-order valence-electron chi connectivity index (χ1n) is 7.12. The highest BCUT2D eigenvalue weighted by Crippen LogP contribution is 2.33. The van der Waals surface area contributed by atoms with Gasteiger partial charge in [0.1, 0.15) is 0 Å². The first-order valence-corrected chi connectivity index (χ1v) is 8.41. The van der Waals surface area contributed by atoms with Crippen LogP contribution in [-0.4, -0.2) is 24.1 Å². The van der Waals surface area contributed by atoms with Gasteiger partial charge in [0.2, 0.25) is 0 Å². The van der Waals surface area contributed by atoms with Gasteiger partial charge in [0.25, 0.3) is 0 Å². The summed E-state index contributed by atoms with van der Waals surface area (Å²) < 4.78 is 0. The maximum atomic E-state index is 3.80. The smallest absolute Gasteiger partial charge is 0.0141 e. The molecule has 1 aliphatic carbocycles. The Labute approximate surface area is 116 Å². The van der Waals surface area contributed by atoms with Crippen molar-refractivity contribution in [2.24, 2.45) is 0 Å². The van der Waals surface area contributed by atoms with E-state index in [2.05, 4.69) is 48.8 Å². The summed E-state index contributed by atoms with van der Waals surface area (Å²) in [5.74, 6) is 0.717. The molecule has 0 heterocycles. The third-order valence-electron chi connectivity index (χ3n) is 4.06. The number of hydrogen-bond donors (Lipinski definition) is 1. The molecule has 0 spiro atoms. The molecule has 0 aromatic heterocycles. The average Bonchev–Trinajstić information content (AvgIpc) is 2.46. The van der Waals surface area contributed by atoms with Crippen LogP contribution in [0.2, 0.25) is 0 Å². The zero-order valence-corrected chi connectivity index (χ0v) is 12.4. The van der Waals surface area contributed by atoms with Gasteiger partial charge in [-0.1, -0.05) is 50.1 Å². The fourth-order valence-corrected chi connectivity index (χ4v) is 3.14. The molecule has 1 saturated carbocycles. The second-order valence-electron chi connectivity index (χ2n) is 5.36. The van der Waals surface area contributed by atoms with E-state index >= 15 is 0 Å². The number of nitrogens with one attached hydrogen (secondary N) is 1. The van der Waals surface area contributed by atoms with Crippen molar-refractivity contribution in [1.82, 2.24) is 5.32 Å². The lowest BCUT2D eigenvalue weighted by atomic mass is 9.80. The summed E-state index contributed by atoms with van der Waals surface area (Å²) in [5.41, 5.74) is 1.52. The molecule has 1 fully saturated rings. The molecule has 2 heteroatoms. The molecular weight excluding hydrogens is 238 g/mol. The molecule has 100 valence electrons. The third kappa shape index (κ3) is 3.76. The van der Waals surface area contributed by atoms with E-state index in [4.69, 9.17) is 0 Å². The first-order chi connectivity index (χ1) is 8.81. The van der Waals surface area contributed by atoms with Crippen LogP contribution in [0.25, 0.3) is 0 Å². The SMILES string of the molecule is CSC(C)CNC1CCCCC1c1ccccc1. The predicted molar refractivity (Wildman–Crippen MR) is 82.4 cm³/mol. The summed E-state index contributed by atoms with van der Waals surface area (Å²) in [5, 5.41) is 4.51. The van der Waals surface area contributed by atoms with Crippen molar-refractivity contribution < 1.29 is 0 Å². The normalized spacial score (nSPS) is 25.9. The monoisotopic (exact) mass is 263 g/mol. The molecule has 3 atom stereocenters. The Hall–Kier alpha value is -0.470. The van der Waals surface area contributed by atoms with Crippen molar-refractivity contribution in [1.29, 1.82) is 0 Å². The van der Waals surface area contributed by atoms with Crippen molar-refractivity contribution in [2.45, 2.75) is 49.8 Å². The van der Waals surface area contributed by atoms with Gasteiger partial charge in [-0.05, 0) is 30.6 Å². The summed E-state index contributed by atoms with van der Waals surface area (Å²) in [6, 6.07) is 11.7. The molecule has 0 radical (unpaired) electrons. The van der Waals surface area contributed by atoms with E-state index in [0.29, 0.717) is 17.2 Å². The van der Waals surface area contributed by atoms with Gasteiger partial charge < -0.3 is 5.32 Å². The lowest BCUT2D eigenvalue weighted by Gasteiger charge is -2.33. The minimum atomic E-state index is 0.677. The van der Waals surface area contributed by atoms with Crippen molar-refractivity contribution >= 4 is 11.8 Å². The molecular formula is C16H25NS. The van der Waals surface area contributed by atoms with Crippen LogP contribution < -0.4 is 5.32 Å². The van der Waals surface area contributed by atoms with Gasteiger partial charge in [-0.15, -0.1) is 0 Å². The zero-order chi connectivity index (χ0) is 12.8. The quantitative estimate of drug-likeness (QED) is 0.860. The van der Waals surface area contributed by atoms with Gasteiger partial charge >= 0.3 is 0 Å². The molecule has 3 unspecified atom stereocenters. The summed E-state index contributed by atoms with van der Waals surface area (Å²) in [7, 11) is 0. The van der Waals surface area contributed by atoms with Crippen LogP contribution in [0.3, 0.4) is 0 Å². The molecule has 1 aliphatic rings. The Morgan fingerprint density at radius 1 is 1.22 bits per heavy atom. The van der Waals surface area contributed by atoms with Gasteiger partial charge in [0.05, 0.1) is 0 Å². The second kappa shape index (κ2) is 7.20. The van der Waals surface area contributed by atoms with E-state index in [1.165, 1.54) is 31.2 Å². The second-order valence-corrected chi connectivity index (χ2v) is 6.64. The number of benzene rings is 1. The molecule has 1 N–H and O–H groups in total. The van der Waals surface area contributed by atoms with E-state index in [-0.39, 0.29) is 0 Å². The standard InChI is InChI=1S/C16H25NS/c1-13(18-2)12-17-16-11-7-6-10-15(16)14-8-4-3-5-9-14/h3-5,8-9,13,15-17H,6-7,10-12H2,1-2H3. The molecule has 18 heavy (non-hydrogen) atoms. The Morgan fingerprint density at radius 2 is 1.94 bits per heavy atom. The molecule has 0 aliphatic heterocycles. The van der Waals surface area contributed by atoms with Crippen LogP contribution in [0.15, 0.2) is 30.3 Å². The summed E-state index contributed by atoms with van der Waals surface area (Å²) in [4.78, 5) is 0. The summed E-state index contributed by atoms with van der Waals surface area (Å²) in [6.07, 6.45) is 7.64. The van der Waals surface area contributed by atoms with E-state index < -0.39 is 0 Å². The highest BCUT2D eigenvalue weighted by molar-refractivity contribution is 7.99. The Kier molecular flexibility index (Phi) is 5.58. The fourth-order valence-electron chi connectivity index (χ4n) is 2.88. The lowest BCUT2D eigenvalue weighted by molar-refractivity contribution is 0.329. The number of rotatable bonds is 5. The molecule has 1 aromatic carbocycles. The van der Waals surface area contributed by atoms with Gasteiger partial charge in [-0.25, -0.2) is 0 Å². The highest BCUT2D eigenvalue weighted by Gasteiger charge is 2.26. The van der Waals surface area contributed by atoms with E-state index in [1.807, 2.05) is 11.8 Å². The van der Waals surface area contributed by atoms with Gasteiger partial charge in [-0.3, -0.25) is 0 Å². The van der Waals surface area contributed by atoms with E-state index in [9.17, 15) is 0 Å². The molecule has 2 rings (SSSR count). The van der Waals surface area contributed by atoms with Gasteiger partial charge in [0, 0.05) is 17.8 Å². The lowest BCUT2D eigenvalue weighted by Crippen LogP contribution is -2.40. The third-order valence-corrected chi connectivity index (χ3v) is 5.03. The Balaban J connectivity index is 1.98. The molecule has 1 aromatic rings. The van der Waals surface area contributed by atoms with E-state index in [1.54, 1.807) is 0 Å². The topological polar surface area (TPSA) is 12.0 Å². The molecule has 1 nitrogen and oxygen atoms in total. The molecule has 0 saturated heterocycles. The first kappa shape index (κ1) is 14.0. The van der Waals surface area contributed by atoms with Crippen LogP contribution in [0.1, 0.15) is 44.1 Å². The van der Waals surface area contributed by atoms with Crippen molar-refractivity contribution in [3.05, 3.63) is 35.9 Å². The number of hydrogen-bond acceptors (Lipinski definition) is 2. The maximum absolute atomic E-state index is 3.80. The highest BCUT2D eigenvalue weighted by atomic mass is 32.2. The molecule has 0 amide bonds. The molecule has 0 bridgehead atoms. The fraction of sp³-hybridized carbons (Fsp3) is 0.625. The van der Waals surface area contributed by atoms with Crippen LogP contribution in [0.4, 0.5) is 0 Å². The predicted octanol–water partition coefficient (Wildman–Crippen LogP) is 4.05. The van der Waals surface area contributed by atoms with Gasteiger partial charge in [0.15, 0.2) is 0 Å². The van der Waals surface area contributed by atoms with Crippen molar-refractivity contribution in [3.63, 3.8) is 0 Å². The van der Waals surface area contributed by atoms with Crippen LogP contribution in [-0.2, 0) is 0 Å². The average molecular weight is 263 g/mol. The van der Waals surface area contributed by atoms with Crippen LogP contribution in [0.5, 0.6) is 0 Å². The Morgan fingerprint density at radius 3 is 2.67 bits per heavy atom. The van der Waals surface area contributed by atoms with Crippen molar-refractivity contribution in [3.8, 4) is 0 Å². The minimum Gasteiger partial charge on any atom is -0.312 e. The van der Waals surface area contributed by atoms with E-state index in [0.717, 1.165) is 6.54 Å². The minimum absolute atomic E-state index is 0.677. The summed E-state index contributed by atoms with van der Waals surface area (Å²) >= 11 is 1.95. The Bertz CT molecular complexity index is 338. The number of thioether (sulfide) groups is 1. The van der Waals surface area contributed by atoms with Crippen LogP contribution >= 0.6 is 11.8 Å². The maximum Gasteiger partial charge on any atom is 0.0141 e. The largest absolute Gasteiger partial charge is 0.312 e.